The zero-order valence-corrected chi connectivity index (χ0v) is 8.75. The van der Waals surface area contributed by atoms with Crippen LogP contribution in [0.3, 0.4) is 0 Å². The molecule has 0 spiro atoms. The van der Waals surface area contributed by atoms with Crippen molar-refractivity contribution in [3.63, 3.8) is 0 Å². The second-order valence-corrected chi connectivity index (χ2v) is 3.68. The first kappa shape index (κ1) is 12.8. The number of alkyl halides is 3. The highest BCUT2D eigenvalue weighted by molar-refractivity contribution is 7.98. The second-order valence-electron chi connectivity index (χ2n) is 2.84. The van der Waals surface area contributed by atoms with E-state index in [1.165, 1.54) is 6.26 Å². The topological polar surface area (TPSA) is 37.3 Å². The number of rotatable bonds is 2. The summed E-state index contributed by atoms with van der Waals surface area (Å²) >= 11 is 0.841. The van der Waals surface area contributed by atoms with Crippen LogP contribution in [0.4, 0.5) is 17.6 Å². The standard InChI is InChI=1S/C9H6F4O2S/c1-16-7-2-4(8(14)15)5(3-6(7)10)9(11,12)13/h2-3H,1H3,(H,14,15). The Morgan fingerprint density at radius 2 is 1.94 bits per heavy atom. The molecule has 7 heteroatoms. The number of hydrogen-bond acceptors (Lipinski definition) is 2. The molecule has 88 valence electrons. The van der Waals surface area contributed by atoms with E-state index in [2.05, 4.69) is 0 Å². The lowest BCUT2D eigenvalue weighted by atomic mass is 10.1. The maximum Gasteiger partial charge on any atom is 0.417 e. The Bertz CT molecular complexity index is 428. The minimum Gasteiger partial charge on any atom is -0.478 e. The van der Waals surface area contributed by atoms with Crippen molar-refractivity contribution < 1.29 is 27.5 Å². The number of carbonyl (C=O) groups is 1. The van der Waals surface area contributed by atoms with Gasteiger partial charge in [-0.2, -0.15) is 13.2 Å². The van der Waals surface area contributed by atoms with E-state index in [0.717, 1.165) is 11.8 Å². The van der Waals surface area contributed by atoms with Crippen LogP contribution in [0.2, 0.25) is 0 Å². The zero-order valence-electron chi connectivity index (χ0n) is 7.93. The van der Waals surface area contributed by atoms with Crippen molar-refractivity contribution in [1.29, 1.82) is 0 Å². The highest BCUT2D eigenvalue weighted by Crippen LogP contribution is 2.35. The van der Waals surface area contributed by atoms with Crippen LogP contribution in [0.5, 0.6) is 0 Å². The summed E-state index contributed by atoms with van der Waals surface area (Å²) < 4.78 is 50.3. The number of carboxylic acid groups (broad SMARTS) is 1. The van der Waals surface area contributed by atoms with E-state index in [1.807, 2.05) is 0 Å². The maximum absolute atomic E-state index is 13.1. The molecule has 0 atom stereocenters. The van der Waals surface area contributed by atoms with Gasteiger partial charge in [-0.15, -0.1) is 11.8 Å². The molecule has 2 nitrogen and oxygen atoms in total. The Kier molecular flexibility index (Phi) is 3.47. The van der Waals surface area contributed by atoms with E-state index in [4.69, 9.17) is 5.11 Å². The van der Waals surface area contributed by atoms with Gasteiger partial charge in [0.15, 0.2) is 0 Å². The van der Waals surface area contributed by atoms with Crippen LogP contribution in [0.15, 0.2) is 17.0 Å². The molecule has 0 aliphatic rings. The van der Waals surface area contributed by atoms with Gasteiger partial charge in [0.2, 0.25) is 0 Å². The monoisotopic (exact) mass is 254 g/mol. The van der Waals surface area contributed by atoms with Crippen molar-refractivity contribution >= 4 is 17.7 Å². The number of halogens is 4. The summed E-state index contributed by atoms with van der Waals surface area (Å²) in [5.41, 5.74) is -2.42. The molecule has 0 aromatic heterocycles. The van der Waals surface area contributed by atoms with Crippen LogP contribution in [-0.2, 0) is 6.18 Å². The van der Waals surface area contributed by atoms with Crippen molar-refractivity contribution in [2.24, 2.45) is 0 Å². The Morgan fingerprint density at radius 3 is 2.31 bits per heavy atom. The van der Waals surface area contributed by atoms with Gasteiger partial charge in [0, 0.05) is 4.90 Å². The molecule has 1 aromatic rings. The molecule has 0 aliphatic heterocycles. The maximum atomic E-state index is 13.1. The third-order valence-electron chi connectivity index (χ3n) is 1.83. The Labute approximate surface area is 92.3 Å². The summed E-state index contributed by atoms with van der Waals surface area (Å²) in [5.74, 6) is -2.81. The molecule has 16 heavy (non-hydrogen) atoms. The van der Waals surface area contributed by atoms with E-state index in [1.54, 1.807) is 0 Å². The molecular weight excluding hydrogens is 248 g/mol. The highest BCUT2D eigenvalue weighted by Gasteiger charge is 2.36. The van der Waals surface area contributed by atoms with Crippen molar-refractivity contribution in [3.8, 4) is 0 Å². The predicted molar refractivity (Wildman–Crippen MR) is 50.1 cm³/mol. The van der Waals surface area contributed by atoms with Crippen LogP contribution in [-0.4, -0.2) is 17.3 Å². The smallest absolute Gasteiger partial charge is 0.417 e. The number of thioether (sulfide) groups is 1. The van der Waals surface area contributed by atoms with Crippen molar-refractivity contribution in [2.45, 2.75) is 11.1 Å². The van der Waals surface area contributed by atoms with Gasteiger partial charge >= 0.3 is 12.1 Å². The lowest BCUT2D eigenvalue weighted by Gasteiger charge is -2.11. The number of hydrogen-bond donors (Lipinski definition) is 1. The number of aromatic carboxylic acids is 1. The van der Waals surface area contributed by atoms with E-state index in [0.29, 0.717) is 6.07 Å². The molecule has 0 saturated heterocycles. The van der Waals surface area contributed by atoms with Crippen LogP contribution in [0.25, 0.3) is 0 Å². The van der Waals surface area contributed by atoms with Crippen LogP contribution in [0, 0.1) is 5.82 Å². The van der Waals surface area contributed by atoms with Gasteiger partial charge in [0.05, 0.1) is 11.1 Å². The average molecular weight is 254 g/mol. The fourth-order valence-electron chi connectivity index (χ4n) is 1.12. The van der Waals surface area contributed by atoms with Gasteiger partial charge in [-0.05, 0) is 18.4 Å². The molecule has 0 bridgehead atoms. The second kappa shape index (κ2) is 4.32. The molecule has 0 aliphatic carbocycles. The van der Waals surface area contributed by atoms with Gasteiger partial charge in [-0.3, -0.25) is 0 Å². The molecule has 1 aromatic carbocycles. The summed E-state index contributed by atoms with van der Waals surface area (Å²) in [5, 5.41) is 8.61. The largest absolute Gasteiger partial charge is 0.478 e. The molecule has 0 amide bonds. The van der Waals surface area contributed by atoms with Crippen molar-refractivity contribution in [3.05, 3.63) is 29.1 Å². The quantitative estimate of drug-likeness (QED) is 0.650. The minimum atomic E-state index is -4.88. The summed E-state index contributed by atoms with van der Waals surface area (Å²) in [4.78, 5) is 10.5. The van der Waals surface area contributed by atoms with Crippen molar-refractivity contribution in [2.75, 3.05) is 6.26 Å². The van der Waals surface area contributed by atoms with Crippen LogP contribution >= 0.6 is 11.8 Å². The molecule has 1 rings (SSSR count). The fourth-order valence-corrected chi connectivity index (χ4v) is 1.61. The number of benzene rings is 1. The number of carboxylic acids is 1. The SMILES string of the molecule is CSc1cc(C(=O)O)c(C(F)(F)F)cc1F. The summed E-state index contributed by atoms with van der Waals surface area (Å²) in [6, 6.07) is 0.889. The molecule has 0 saturated carbocycles. The molecular formula is C9H6F4O2S. The first-order chi connectivity index (χ1) is 7.27. The third-order valence-corrected chi connectivity index (χ3v) is 2.58. The predicted octanol–water partition coefficient (Wildman–Crippen LogP) is 3.26. The lowest BCUT2D eigenvalue weighted by molar-refractivity contribution is -0.138. The fraction of sp³-hybridized carbons (Fsp3) is 0.222. The van der Waals surface area contributed by atoms with Gasteiger partial charge in [-0.1, -0.05) is 0 Å². The van der Waals surface area contributed by atoms with E-state index in [-0.39, 0.29) is 11.0 Å². The van der Waals surface area contributed by atoms with Crippen LogP contribution < -0.4 is 0 Å². The van der Waals surface area contributed by atoms with Gasteiger partial charge < -0.3 is 5.11 Å². The van der Waals surface area contributed by atoms with E-state index in [9.17, 15) is 22.4 Å². The average Bonchev–Trinajstić information content (AvgIpc) is 2.15. The molecule has 0 unspecified atom stereocenters. The normalized spacial score (nSPS) is 11.6. The highest BCUT2D eigenvalue weighted by atomic mass is 32.2. The summed E-state index contributed by atoms with van der Waals surface area (Å²) in [6.45, 7) is 0. The van der Waals surface area contributed by atoms with E-state index < -0.39 is 29.1 Å². The van der Waals surface area contributed by atoms with Crippen LogP contribution in [0.1, 0.15) is 15.9 Å². The first-order valence-electron chi connectivity index (χ1n) is 3.95. The summed E-state index contributed by atoms with van der Waals surface area (Å²) in [7, 11) is 0. The Hall–Kier alpha value is -1.24. The zero-order chi connectivity index (χ0) is 12.5. The Morgan fingerprint density at radius 1 is 1.38 bits per heavy atom. The van der Waals surface area contributed by atoms with Gasteiger partial charge in [-0.25, -0.2) is 9.18 Å². The third kappa shape index (κ3) is 2.46. The Balaban J connectivity index is 3.49. The molecule has 0 heterocycles. The summed E-state index contributed by atoms with van der Waals surface area (Å²) in [6.07, 6.45) is -3.44. The minimum absolute atomic E-state index is 0.134. The first-order valence-corrected chi connectivity index (χ1v) is 5.18. The van der Waals surface area contributed by atoms with Gasteiger partial charge in [0.1, 0.15) is 5.82 Å². The molecule has 1 N–H and O–H groups in total. The molecule has 0 fully saturated rings. The van der Waals surface area contributed by atoms with Gasteiger partial charge in [0.25, 0.3) is 0 Å². The lowest BCUT2D eigenvalue weighted by Crippen LogP contribution is -2.13. The van der Waals surface area contributed by atoms with E-state index >= 15 is 0 Å². The van der Waals surface area contributed by atoms with Crippen molar-refractivity contribution in [1.82, 2.24) is 0 Å². The molecule has 0 radical (unpaired) electrons.